The first kappa shape index (κ1) is 14.8. The van der Waals surface area contributed by atoms with Crippen LogP contribution in [-0.2, 0) is 16.0 Å². The lowest BCUT2D eigenvalue weighted by atomic mass is 10.1. The van der Waals surface area contributed by atoms with Crippen molar-refractivity contribution in [3.05, 3.63) is 35.9 Å². The molecule has 0 saturated carbocycles. The van der Waals surface area contributed by atoms with Crippen LogP contribution in [0.25, 0.3) is 0 Å². The summed E-state index contributed by atoms with van der Waals surface area (Å²) in [7, 11) is 0. The lowest BCUT2D eigenvalue weighted by Crippen LogP contribution is -2.22. The van der Waals surface area contributed by atoms with Gasteiger partial charge >= 0.3 is 5.97 Å². The lowest BCUT2D eigenvalue weighted by molar-refractivity contribution is -0.142. The number of rotatable bonds is 6. The van der Waals surface area contributed by atoms with Crippen molar-refractivity contribution < 1.29 is 9.53 Å². The minimum atomic E-state index is -0.343. The van der Waals surface area contributed by atoms with E-state index in [4.69, 9.17) is 10.5 Å². The van der Waals surface area contributed by atoms with E-state index < -0.39 is 0 Å². The molecule has 1 heterocycles. The molecule has 0 unspecified atom stereocenters. The number of anilines is 1. The van der Waals surface area contributed by atoms with Crippen molar-refractivity contribution in [2.24, 2.45) is 0 Å². The molecule has 1 aromatic heterocycles. The molecular formula is C13H15N3O2S2. The van der Waals surface area contributed by atoms with Gasteiger partial charge in [0.05, 0.1) is 6.61 Å². The van der Waals surface area contributed by atoms with Crippen LogP contribution in [0.3, 0.4) is 0 Å². The van der Waals surface area contributed by atoms with Gasteiger partial charge < -0.3 is 10.5 Å². The number of hydrogen-bond acceptors (Lipinski definition) is 7. The van der Waals surface area contributed by atoms with Gasteiger partial charge in [-0.1, -0.05) is 53.4 Å². The Morgan fingerprint density at radius 2 is 2.15 bits per heavy atom. The number of carbonyl (C=O) groups is 1. The normalized spacial score (nSPS) is 12.1. The molecule has 5 nitrogen and oxygen atoms in total. The van der Waals surface area contributed by atoms with Crippen molar-refractivity contribution in [3.8, 4) is 0 Å². The Hall–Kier alpha value is -1.60. The summed E-state index contributed by atoms with van der Waals surface area (Å²) in [6, 6.07) is 9.82. The fraction of sp³-hybridized carbons (Fsp3) is 0.308. The Labute approximate surface area is 125 Å². The monoisotopic (exact) mass is 309 g/mol. The first-order valence-electron chi connectivity index (χ1n) is 6.15. The average molecular weight is 309 g/mol. The van der Waals surface area contributed by atoms with Gasteiger partial charge in [0.25, 0.3) is 0 Å². The number of benzene rings is 1. The van der Waals surface area contributed by atoms with Crippen LogP contribution >= 0.6 is 23.1 Å². The van der Waals surface area contributed by atoms with Gasteiger partial charge in [-0.05, 0) is 18.9 Å². The summed E-state index contributed by atoms with van der Waals surface area (Å²) >= 11 is 2.62. The van der Waals surface area contributed by atoms with Crippen molar-refractivity contribution in [1.29, 1.82) is 0 Å². The zero-order valence-corrected chi connectivity index (χ0v) is 12.6. The fourth-order valence-electron chi connectivity index (χ4n) is 1.63. The second-order valence-electron chi connectivity index (χ2n) is 3.95. The molecule has 0 aliphatic heterocycles. The molecule has 0 fully saturated rings. The Kier molecular flexibility index (Phi) is 5.37. The van der Waals surface area contributed by atoms with Gasteiger partial charge in [0.2, 0.25) is 5.13 Å². The van der Waals surface area contributed by atoms with Crippen molar-refractivity contribution in [2.75, 3.05) is 12.3 Å². The van der Waals surface area contributed by atoms with Gasteiger partial charge in [0.15, 0.2) is 4.34 Å². The summed E-state index contributed by atoms with van der Waals surface area (Å²) in [6.45, 7) is 2.16. The summed E-state index contributed by atoms with van der Waals surface area (Å²) in [5, 5.41) is 7.75. The summed E-state index contributed by atoms with van der Waals surface area (Å²) in [4.78, 5) is 12.0. The van der Waals surface area contributed by atoms with Crippen LogP contribution in [0.1, 0.15) is 12.5 Å². The van der Waals surface area contributed by atoms with Crippen LogP contribution < -0.4 is 5.73 Å². The molecule has 0 aliphatic rings. The second-order valence-corrected chi connectivity index (χ2v) is 6.41. The summed E-state index contributed by atoms with van der Waals surface area (Å²) in [6.07, 6.45) is 0.587. The van der Waals surface area contributed by atoms with E-state index in [1.165, 1.54) is 23.1 Å². The molecule has 106 valence electrons. The third kappa shape index (κ3) is 4.21. The molecule has 2 N–H and O–H groups in total. The summed E-state index contributed by atoms with van der Waals surface area (Å²) in [5.41, 5.74) is 6.64. The van der Waals surface area contributed by atoms with E-state index in [-0.39, 0.29) is 11.2 Å². The number of nitrogens with zero attached hydrogens (tertiary/aromatic N) is 2. The highest BCUT2D eigenvalue weighted by atomic mass is 32.2. The van der Waals surface area contributed by atoms with Gasteiger partial charge in [0.1, 0.15) is 5.25 Å². The first-order valence-corrected chi connectivity index (χ1v) is 7.85. The Morgan fingerprint density at radius 3 is 2.75 bits per heavy atom. The SMILES string of the molecule is CCOC(=O)[C@H](Cc1ccccc1)Sc1nnc(N)s1. The quantitative estimate of drug-likeness (QED) is 0.652. The molecule has 1 atom stereocenters. The number of carbonyl (C=O) groups excluding carboxylic acids is 1. The van der Waals surface area contributed by atoms with Crippen LogP contribution in [0.4, 0.5) is 5.13 Å². The average Bonchev–Trinajstić information content (AvgIpc) is 2.85. The zero-order valence-electron chi connectivity index (χ0n) is 11.0. The first-order chi connectivity index (χ1) is 9.69. The highest BCUT2D eigenvalue weighted by molar-refractivity contribution is 8.02. The van der Waals surface area contributed by atoms with Gasteiger partial charge in [-0.15, -0.1) is 10.2 Å². The van der Waals surface area contributed by atoms with Gasteiger partial charge in [-0.2, -0.15) is 0 Å². The van der Waals surface area contributed by atoms with Gasteiger partial charge in [0, 0.05) is 0 Å². The molecule has 0 radical (unpaired) electrons. The standard InChI is InChI=1S/C13H15N3O2S2/c1-2-18-11(17)10(8-9-6-4-3-5-7-9)19-13-16-15-12(14)20-13/h3-7,10H,2,8H2,1H3,(H2,14,15)/t10-/m0/s1. The van der Waals surface area contributed by atoms with E-state index in [2.05, 4.69) is 10.2 Å². The maximum absolute atomic E-state index is 12.0. The zero-order chi connectivity index (χ0) is 14.4. The van der Waals surface area contributed by atoms with Crippen LogP contribution in [0, 0.1) is 0 Å². The van der Waals surface area contributed by atoms with Crippen molar-refractivity contribution >= 4 is 34.2 Å². The second kappa shape index (κ2) is 7.25. The number of hydrogen-bond donors (Lipinski definition) is 1. The van der Waals surface area contributed by atoms with Gasteiger partial charge in [-0.25, -0.2) is 0 Å². The van der Waals surface area contributed by atoms with Gasteiger partial charge in [-0.3, -0.25) is 4.79 Å². The van der Waals surface area contributed by atoms with E-state index in [1.54, 1.807) is 6.92 Å². The predicted molar refractivity (Wildman–Crippen MR) is 80.7 cm³/mol. The highest BCUT2D eigenvalue weighted by Gasteiger charge is 2.23. The number of nitrogens with two attached hydrogens (primary N) is 1. The third-order valence-corrected chi connectivity index (χ3v) is 4.49. The molecule has 0 amide bonds. The largest absolute Gasteiger partial charge is 0.465 e. The molecule has 1 aromatic carbocycles. The summed E-state index contributed by atoms with van der Waals surface area (Å²) < 4.78 is 5.80. The number of esters is 1. The molecule has 0 aliphatic carbocycles. The van der Waals surface area contributed by atoms with E-state index >= 15 is 0 Å². The third-order valence-electron chi connectivity index (χ3n) is 2.48. The number of ether oxygens (including phenoxy) is 1. The Balaban J connectivity index is 2.10. The van der Waals surface area contributed by atoms with Crippen molar-refractivity contribution in [1.82, 2.24) is 10.2 Å². The van der Waals surface area contributed by atoms with E-state index in [0.29, 0.717) is 22.5 Å². The van der Waals surface area contributed by atoms with Crippen LogP contribution in [0.5, 0.6) is 0 Å². The topological polar surface area (TPSA) is 78.1 Å². The van der Waals surface area contributed by atoms with E-state index in [9.17, 15) is 4.79 Å². The number of aromatic nitrogens is 2. The molecule has 7 heteroatoms. The molecular weight excluding hydrogens is 294 g/mol. The van der Waals surface area contributed by atoms with E-state index in [0.717, 1.165) is 5.56 Å². The minimum Gasteiger partial charge on any atom is -0.465 e. The Bertz CT molecular complexity index is 560. The molecule has 0 spiro atoms. The number of nitrogen functional groups attached to an aromatic ring is 1. The summed E-state index contributed by atoms with van der Waals surface area (Å²) in [5.74, 6) is -0.241. The van der Waals surface area contributed by atoms with Crippen LogP contribution in [-0.4, -0.2) is 28.0 Å². The molecule has 0 saturated heterocycles. The predicted octanol–water partition coefficient (Wildman–Crippen LogP) is 2.39. The lowest BCUT2D eigenvalue weighted by Gasteiger charge is -2.13. The van der Waals surface area contributed by atoms with Crippen LogP contribution in [0.2, 0.25) is 0 Å². The number of thioether (sulfide) groups is 1. The Morgan fingerprint density at radius 1 is 1.40 bits per heavy atom. The van der Waals surface area contributed by atoms with E-state index in [1.807, 2.05) is 30.3 Å². The minimum absolute atomic E-state index is 0.241. The molecule has 2 rings (SSSR count). The maximum Gasteiger partial charge on any atom is 0.319 e. The van der Waals surface area contributed by atoms with Crippen molar-refractivity contribution in [3.63, 3.8) is 0 Å². The molecule has 20 heavy (non-hydrogen) atoms. The van der Waals surface area contributed by atoms with Crippen molar-refractivity contribution in [2.45, 2.75) is 22.9 Å². The fourth-order valence-corrected chi connectivity index (χ4v) is 3.54. The molecule has 2 aromatic rings. The van der Waals surface area contributed by atoms with Crippen LogP contribution in [0.15, 0.2) is 34.7 Å². The highest BCUT2D eigenvalue weighted by Crippen LogP contribution is 2.30. The maximum atomic E-state index is 12.0. The molecule has 0 bridgehead atoms. The smallest absolute Gasteiger partial charge is 0.319 e.